The first-order chi connectivity index (χ1) is 13.3. The zero-order chi connectivity index (χ0) is 20.1. The fourth-order valence-corrected chi connectivity index (χ4v) is 5.39. The van der Waals surface area contributed by atoms with E-state index in [4.69, 9.17) is 10.7 Å². The fourth-order valence-electron chi connectivity index (χ4n) is 3.82. The summed E-state index contributed by atoms with van der Waals surface area (Å²) < 4.78 is 0. The molecular formula is C20H25N5OS2. The van der Waals surface area contributed by atoms with Gasteiger partial charge >= 0.3 is 0 Å². The van der Waals surface area contributed by atoms with Crippen molar-refractivity contribution in [3.8, 4) is 0 Å². The number of hydrogen-bond donors (Lipinski definition) is 2. The first-order valence-corrected chi connectivity index (χ1v) is 11.2. The number of aromatic nitrogens is 3. The highest BCUT2D eigenvalue weighted by Gasteiger charge is 2.32. The lowest BCUT2D eigenvalue weighted by atomic mass is 9.69. The number of pyridine rings is 1. The number of carbonyl (C=O) groups is 1. The normalized spacial score (nSPS) is 16.9. The number of nitrogens with zero attached hydrogens (tertiary/aromatic N) is 3. The van der Waals surface area contributed by atoms with Crippen LogP contribution in [0.3, 0.4) is 0 Å². The summed E-state index contributed by atoms with van der Waals surface area (Å²) in [4.78, 5) is 18.9. The standard InChI is InChI=1S/C20H25N5OS2/c1-5-20(3,4)12-6-7-14-11(8-12)9-13-15(21)16(28-18(13)22-14)17(26)23-19-25-24-10(2)27-19/h9,12H,5-8,21H2,1-4H3,(H,23,25,26)/t12-/m1/s1. The van der Waals surface area contributed by atoms with Gasteiger partial charge in [0, 0.05) is 11.1 Å². The molecule has 4 rings (SSSR count). The van der Waals surface area contributed by atoms with E-state index >= 15 is 0 Å². The van der Waals surface area contributed by atoms with E-state index in [0.29, 0.717) is 27.0 Å². The molecule has 1 amide bonds. The van der Waals surface area contributed by atoms with Gasteiger partial charge in [-0.25, -0.2) is 4.98 Å². The van der Waals surface area contributed by atoms with E-state index in [0.717, 1.165) is 40.2 Å². The summed E-state index contributed by atoms with van der Waals surface area (Å²) in [6.45, 7) is 8.82. The summed E-state index contributed by atoms with van der Waals surface area (Å²) in [6, 6.07) is 2.16. The summed E-state index contributed by atoms with van der Waals surface area (Å²) >= 11 is 2.69. The predicted octanol–water partition coefficient (Wildman–Crippen LogP) is 4.83. The van der Waals surface area contributed by atoms with Gasteiger partial charge in [-0.2, -0.15) is 0 Å². The number of thiophene rings is 1. The number of hydrogen-bond acceptors (Lipinski definition) is 7. The Morgan fingerprint density at radius 1 is 1.36 bits per heavy atom. The van der Waals surface area contributed by atoms with Crippen LogP contribution >= 0.6 is 22.7 Å². The third-order valence-electron chi connectivity index (χ3n) is 6.05. The molecule has 0 bridgehead atoms. The van der Waals surface area contributed by atoms with E-state index in [2.05, 4.69) is 42.4 Å². The second-order valence-electron chi connectivity index (χ2n) is 8.15. The van der Waals surface area contributed by atoms with E-state index in [1.165, 1.54) is 34.7 Å². The van der Waals surface area contributed by atoms with Gasteiger partial charge in [0.1, 0.15) is 14.7 Å². The molecule has 1 aliphatic rings. The number of anilines is 2. The van der Waals surface area contributed by atoms with Gasteiger partial charge in [-0.15, -0.1) is 21.5 Å². The Bertz CT molecular complexity index is 1050. The van der Waals surface area contributed by atoms with Gasteiger partial charge in [-0.05, 0) is 49.1 Å². The molecule has 3 heterocycles. The lowest BCUT2D eigenvalue weighted by Gasteiger charge is -2.36. The molecule has 3 N–H and O–H groups in total. The molecule has 3 aromatic heterocycles. The van der Waals surface area contributed by atoms with Crippen LogP contribution < -0.4 is 11.1 Å². The first kappa shape index (κ1) is 19.3. The van der Waals surface area contributed by atoms with Crippen LogP contribution in [0.15, 0.2) is 6.07 Å². The van der Waals surface area contributed by atoms with Gasteiger partial charge in [-0.3, -0.25) is 10.1 Å². The van der Waals surface area contributed by atoms with Crippen molar-refractivity contribution in [2.45, 2.75) is 53.4 Å². The number of nitrogens with one attached hydrogen (secondary N) is 1. The zero-order valence-electron chi connectivity index (χ0n) is 16.6. The number of rotatable bonds is 4. The summed E-state index contributed by atoms with van der Waals surface area (Å²) in [7, 11) is 0. The van der Waals surface area contributed by atoms with Crippen molar-refractivity contribution in [2.75, 3.05) is 11.1 Å². The minimum absolute atomic E-state index is 0.250. The second-order valence-corrected chi connectivity index (χ2v) is 10.3. The highest BCUT2D eigenvalue weighted by atomic mass is 32.1. The van der Waals surface area contributed by atoms with Crippen LogP contribution in [0.2, 0.25) is 0 Å². The first-order valence-electron chi connectivity index (χ1n) is 9.60. The van der Waals surface area contributed by atoms with Crippen molar-refractivity contribution in [3.05, 3.63) is 27.2 Å². The molecule has 8 heteroatoms. The predicted molar refractivity (Wildman–Crippen MR) is 116 cm³/mol. The Hall–Kier alpha value is -2.06. The van der Waals surface area contributed by atoms with Crippen LogP contribution in [-0.2, 0) is 12.8 Å². The van der Waals surface area contributed by atoms with Crippen LogP contribution in [-0.4, -0.2) is 21.1 Å². The molecule has 0 radical (unpaired) electrons. The Labute approximate surface area is 172 Å². The van der Waals surface area contributed by atoms with Gasteiger partial charge in [0.05, 0.1) is 5.69 Å². The molecule has 28 heavy (non-hydrogen) atoms. The molecule has 6 nitrogen and oxygen atoms in total. The molecule has 0 aromatic carbocycles. The van der Waals surface area contributed by atoms with Crippen molar-refractivity contribution in [1.29, 1.82) is 0 Å². The number of amides is 1. The summed E-state index contributed by atoms with van der Waals surface area (Å²) in [6.07, 6.45) is 4.35. The number of nitrogens with two attached hydrogens (primary N) is 1. The maximum absolute atomic E-state index is 12.7. The maximum atomic E-state index is 12.7. The minimum atomic E-state index is -0.250. The topological polar surface area (TPSA) is 93.8 Å². The Morgan fingerprint density at radius 2 is 2.14 bits per heavy atom. The third kappa shape index (κ3) is 3.39. The van der Waals surface area contributed by atoms with E-state index in [1.807, 2.05) is 6.92 Å². The van der Waals surface area contributed by atoms with Gasteiger partial charge < -0.3 is 5.73 Å². The summed E-state index contributed by atoms with van der Waals surface area (Å²) in [5.41, 5.74) is 9.61. The van der Waals surface area contributed by atoms with Crippen molar-refractivity contribution in [1.82, 2.24) is 15.2 Å². The largest absolute Gasteiger partial charge is 0.397 e. The SMILES string of the molecule is CCC(C)(C)[C@@H]1CCc2nc3sc(C(=O)Nc4nnc(C)s4)c(N)c3cc2C1. The van der Waals surface area contributed by atoms with Crippen molar-refractivity contribution < 1.29 is 4.79 Å². The van der Waals surface area contributed by atoms with Gasteiger partial charge in [0.2, 0.25) is 5.13 Å². The lowest BCUT2D eigenvalue weighted by Crippen LogP contribution is -2.29. The Balaban J connectivity index is 1.66. The number of fused-ring (bicyclic) bond motifs is 2. The second kappa shape index (κ2) is 7.08. The van der Waals surface area contributed by atoms with Crippen molar-refractivity contribution >= 4 is 49.6 Å². The lowest BCUT2D eigenvalue weighted by molar-refractivity contribution is 0.103. The molecule has 1 aliphatic carbocycles. The maximum Gasteiger partial charge on any atom is 0.269 e. The molecule has 1 atom stereocenters. The average Bonchev–Trinajstić information content (AvgIpc) is 3.22. The van der Waals surface area contributed by atoms with Crippen LogP contribution in [0.1, 0.15) is 59.5 Å². The fraction of sp³-hybridized carbons (Fsp3) is 0.500. The molecule has 0 fully saturated rings. The van der Waals surface area contributed by atoms with Gasteiger partial charge in [-0.1, -0.05) is 38.5 Å². The van der Waals surface area contributed by atoms with E-state index < -0.39 is 0 Å². The quantitative estimate of drug-likeness (QED) is 0.636. The number of carbonyl (C=O) groups excluding carboxylic acids is 1. The molecule has 0 unspecified atom stereocenters. The highest BCUT2D eigenvalue weighted by Crippen LogP contribution is 2.42. The Kier molecular flexibility index (Phi) is 4.87. The smallest absolute Gasteiger partial charge is 0.269 e. The van der Waals surface area contributed by atoms with Crippen LogP contribution in [0, 0.1) is 18.3 Å². The van der Waals surface area contributed by atoms with E-state index in [9.17, 15) is 4.79 Å². The minimum Gasteiger partial charge on any atom is -0.397 e. The van der Waals surface area contributed by atoms with Crippen LogP contribution in [0.4, 0.5) is 10.8 Å². The molecule has 3 aromatic rings. The summed E-state index contributed by atoms with van der Waals surface area (Å²) in [5.74, 6) is 0.395. The monoisotopic (exact) mass is 415 g/mol. The molecule has 0 saturated heterocycles. The molecule has 0 spiro atoms. The van der Waals surface area contributed by atoms with Crippen molar-refractivity contribution in [3.63, 3.8) is 0 Å². The Morgan fingerprint density at radius 3 is 2.82 bits per heavy atom. The van der Waals surface area contributed by atoms with Crippen LogP contribution in [0.5, 0.6) is 0 Å². The van der Waals surface area contributed by atoms with Gasteiger partial charge in [0.25, 0.3) is 5.91 Å². The number of aryl methyl sites for hydroxylation is 2. The molecule has 0 saturated carbocycles. The third-order valence-corrected chi connectivity index (χ3v) is 7.92. The van der Waals surface area contributed by atoms with E-state index in [-0.39, 0.29) is 5.91 Å². The van der Waals surface area contributed by atoms with Gasteiger partial charge in [0.15, 0.2) is 0 Å². The zero-order valence-corrected chi connectivity index (χ0v) is 18.3. The van der Waals surface area contributed by atoms with E-state index in [1.54, 1.807) is 0 Å². The average molecular weight is 416 g/mol. The number of nitrogen functional groups attached to an aromatic ring is 1. The molecule has 148 valence electrons. The van der Waals surface area contributed by atoms with Crippen molar-refractivity contribution in [2.24, 2.45) is 11.3 Å². The molecular weight excluding hydrogens is 390 g/mol. The summed E-state index contributed by atoms with van der Waals surface area (Å²) in [5, 5.41) is 12.8. The molecule has 0 aliphatic heterocycles. The highest BCUT2D eigenvalue weighted by molar-refractivity contribution is 7.21. The van der Waals surface area contributed by atoms with Crippen LogP contribution in [0.25, 0.3) is 10.2 Å².